The zero-order valence-corrected chi connectivity index (χ0v) is 11.9. The minimum Gasteiger partial charge on any atom is -0.475 e. The van der Waals surface area contributed by atoms with Crippen molar-refractivity contribution in [2.24, 2.45) is 0 Å². The lowest BCUT2D eigenvalue weighted by molar-refractivity contribution is 0.0288. The zero-order valence-electron chi connectivity index (χ0n) is 11.1. The van der Waals surface area contributed by atoms with Crippen LogP contribution in [0, 0.1) is 0 Å². The van der Waals surface area contributed by atoms with E-state index in [1.807, 2.05) is 6.92 Å². The van der Waals surface area contributed by atoms with E-state index in [9.17, 15) is 13.2 Å². The second-order valence-electron chi connectivity index (χ2n) is 4.48. The molecule has 0 aromatic carbocycles. The summed E-state index contributed by atoms with van der Waals surface area (Å²) in [5.74, 6) is -1.67. The van der Waals surface area contributed by atoms with Gasteiger partial charge >= 0.3 is 5.97 Å². The molecule has 0 aliphatic carbocycles. The summed E-state index contributed by atoms with van der Waals surface area (Å²) >= 11 is 0. The van der Waals surface area contributed by atoms with E-state index in [0.29, 0.717) is 32.5 Å². The van der Waals surface area contributed by atoms with Gasteiger partial charge in [-0.15, -0.1) is 0 Å². The molecule has 7 nitrogen and oxygen atoms in total. The van der Waals surface area contributed by atoms with Crippen LogP contribution in [0.25, 0.3) is 0 Å². The van der Waals surface area contributed by atoms with Gasteiger partial charge in [-0.1, -0.05) is 0 Å². The zero-order chi connectivity index (χ0) is 14.8. The number of furan rings is 1. The molecule has 0 amide bonds. The van der Waals surface area contributed by atoms with Crippen molar-refractivity contribution in [1.29, 1.82) is 0 Å². The number of carboxylic acids is 1. The average Bonchev–Trinajstić information content (AvgIpc) is 2.90. The predicted octanol–water partition coefficient (Wildman–Crippen LogP) is 1.17. The fourth-order valence-electron chi connectivity index (χ4n) is 2.18. The van der Waals surface area contributed by atoms with E-state index in [1.165, 1.54) is 10.4 Å². The summed E-state index contributed by atoms with van der Waals surface area (Å²) < 4.78 is 36.2. The van der Waals surface area contributed by atoms with E-state index in [0.717, 1.165) is 6.07 Å². The summed E-state index contributed by atoms with van der Waals surface area (Å²) in [5, 5.41) is 8.42. The number of hydrogen-bond acceptors (Lipinski definition) is 5. The van der Waals surface area contributed by atoms with Crippen molar-refractivity contribution in [3.63, 3.8) is 0 Å². The van der Waals surface area contributed by atoms with Crippen LogP contribution in [0.15, 0.2) is 21.6 Å². The summed E-state index contributed by atoms with van der Waals surface area (Å²) in [5.41, 5.74) is 0. The molecule has 0 unspecified atom stereocenters. The highest BCUT2D eigenvalue weighted by molar-refractivity contribution is 7.89. The van der Waals surface area contributed by atoms with Crippen LogP contribution in [0.2, 0.25) is 0 Å². The third-order valence-corrected chi connectivity index (χ3v) is 4.96. The highest BCUT2D eigenvalue weighted by Gasteiger charge is 2.32. The summed E-state index contributed by atoms with van der Waals surface area (Å²) in [4.78, 5) is 10.7. The topological polar surface area (TPSA) is 97.0 Å². The molecule has 0 saturated carbocycles. The van der Waals surface area contributed by atoms with Crippen LogP contribution < -0.4 is 0 Å². The number of hydrogen-bond donors (Lipinski definition) is 1. The molecule has 8 heteroatoms. The van der Waals surface area contributed by atoms with Gasteiger partial charge in [0.2, 0.25) is 10.9 Å². The molecule has 0 radical (unpaired) electrons. The SMILES string of the molecule is CCOC1CCN(S(=O)(=O)c2ccc(C(=O)O)o2)CC1. The Balaban J connectivity index is 2.09. The number of sulfonamides is 1. The Morgan fingerprint density at radius 3 is 2.60 bits per heavy atom. The Hall–Kier alpha value is -1.38. The van der Waals surface area contributed by atoms with Crippen molar-refractivity contribution >= 4 is 16.0 Å². The van der Waals surface area contributed by atoms with Gasteiger partial charge in [0.15, 0.2) is 0 Å². The number of ether oxygens (including phenoxy) is 1. The van der Waals surface area contributed by atoms with E-state index in [1.54, 1.807) is 0 Å². The molecule has 1 saturated heterocycles. The van der Waals surface area contributed by atoms with Gasteiger partial charge in [0.1, 0.15) is 0 Å². The summed E-state index contributed by atoms with van der Waals surface area (Å²) in [6.07, 6.45) is 1.33. The number of carboxylic acid groups (broad SMARTS) is 1. The molecule has 1 aliphatic heterocycles. The molecule has 0 spiro atoms. The third kappa shape index (κ3) is 3.02. The second-order valence-corrected chi connectivity index (χ2v) is 6.35. The Morgan fingerprint density at radius 1 is 1.45 bits per heavy atom. The molecule has 1 fully saturated rings. The van der Waals surface area contributed by atoms with Gasteiger partial charge in [0, 0.05) is 19.7 Å². The van der Waals surface area contributed by atoms with Crippen LogP contribution in [0.5, 0.6) is 0 Å². The van der Waals surface area contributed by atoms with Crippen LogP contribution in [-0.4, -0.2) is 49.6 Å². The molecule has 1 aromatic heterocycles. The molecular formula is C12H17NO6S. The monoisotopic (exact) mass is 303 g/mol. The third-order valence-electron chi connectivity index (χ3n) is 3.19. The fraction of sp³-hybridized carbons (Fsp3) is 0.583. The number of aromatic carboxylic acids is 1. The maximum Gasteiger partial charge on any atom is 0.371 e. The lowest BCUT2D eigenvalue weighted by Gasteiger charge is -2.30. The number of carbonyl (C=O) groups is 1. The summed E-state index contributed by atoms with van der Waals surface area (Å²) in [6.45, 7) is 3.20. The van der Waals surface area contributed by atoms with Gasteiger partial charge in [-0.25, -0.2) is 13.2 Å². The van der Waals surface area contributed by atoms with Gasteiger partial charge in [0.05, 0.1) is 6.10 Å². The molecule has 112 valence electrons. The molecule has 2 rings (SSSR count). The van der Waals surface area contributed by atoms with Gasteiger partial charge in [-0.3, -0.25) is 0 Å². The minimum absolute atomic E-state index is 0.0811. The van der Waals surface area contributed by atoms with Crippen LogP contribution >= 0.6 is 0 Å². The van der Waals surface area contributed by atoms with Crippen LogP contribution in [0.3, 0.4) is 0 Å². The van der Waals surface area contributed by atoms with Crippen molar-refractivity contribution in [2.75, 3.05) is 19.7 Å². The molecule has 0 atom stereocenters. The first-order valence-corrected chi connectivity index (χ1v) is 7.84. The Labute approximate surface area is 117 Å². The largest absolute Gasteiger partial charge is 0.475 e. The summed E-state index contributed by atoms with van der Waals surface area (Å²) in [7, 11) is -3.77. The maximum atomic E-state index is 12.3. The normalized spacial score (nSPS) is 18.2. The van der Waals surface area contributed by atoms with Crippen molar-refractivity contribution in [3.05, 3.63) is 17.9 Å². The van der Waals surface area contributed by atoms with E-state index < -0.39 is 16.0 Å². The first-order chi connectivity index (χ1) is 9.45. The lowest BCUT2D eigenvalue weighted by atomic mass is 10.1. The first-order valence-electron chi connectivity index (χ1n) is 6.40. The molecule has 2 heterocycles. The Morgan fingerprint density at radius 2 is 2.10 bits per heavy atom. The standard InChI is InChI=1S/C12H17NO6S/c1-2-18-9-5-7-13(8-6-9)20(16,17)11-4-3-10(19-11)12(14)15/h3-4,9H,2,5-8H2,1H3,(H,14,15). The molecule has 1 N–H and O–H groups in total. The first kappa shape index (κ1) is 15.0. The van der Waals surface area contributed by atoms with Gasteiger partial charge in [-0.2, -0.15) is 4.31 Å². The van der Waals surface area contributed by atoms with Crippen LogP contribution in [-0.2, 0) is 14.8 Å². The van der Waals surface area contributed by atoms with Crippen molar-refractivity contribution in [3.8, 4) is 0 Å². The smallest absolute Gasteiger partial charge is 0.371 e. The van der Waals surface area contributed by atoms with Crippen LogP contribution in [0.1, 0.15) is 30.3 Å². The molecule has 1 aromatic rings. The second kappa shape index (κ2) is 5.94. The summed E-state index contributed by atoms with van der Waals surface area (Å²) in [6, 6.07) is 2.32. The fourth-order valence-corrected chi connectivity index (χ4v) is 3.56. The van der Waals surface area contributed by atoms with E-state index >= 15 is 0 Å². The van der Waals surface area contributed by atoms with Crippen molar-refractivity contribution in [2.45, 2.75) is 31.0 Å². The maximum absolute atomic E-state index is 12.3. The van der Waals surface area contributed by atoms with Crippen LogP contribution in [0.4, 0.5) is 0 Å². The van der Waals surface area contributed by atoms with Gasteiger partial charge in [-0.05, 0) is 31.9 Å². The van der Waals surface area contributed by atoms with Gasteiger partial charge in [0.25, 0.3) is 10.0 Å². The Bertz CT molecular complexity index is 571. The number of rotatable bonds is 5. The highest BCUT2D eigenvalue weighted by atomic mass is 32.2. The number of piperidine rings is 1. The quantitative estimate of drug-likeness (QED) is 0.877. The Kier molecular flexibility index (Phi) is 4.46. The van der Waals surface area contributed by atoms with Crippen molar-refractivity contribution < 1.29 is 27.5 Å². The van der Waals surface area contributed by atoms with E-state index in [2.05, 4.69) is 0 Å². The molecular weight excluding hydrogens is 286 g/mol. The highest BCUT2D eigenvalue weighted by Crippen LogP contribution is 2.23. The number of nitrogens with zero attached hydrogens (tertiary/aromatic N) is 1. The molecule has 20 heavy (non-hydrogen) atoms. The van der Waals surface area contributed by atoms with Gasteiger partial charge < -0.3 is 14.3 Å². The van der Waals surface area contributed by atoms with Crippen molar-refractivity contribution in [1.82, 2.24) is 4.31 Å². The van der Waals surface area contributed by atoms with E-state index in [4.69, 9.17) is 14.3 Å². The predicted molar refractivity (Wildman–Crippen MR) is 69.1 cm³/mol. The molecule has 0 bridgehead atoms. The average molecular weight is 303 g/mol. The minimum atomic E-state index is -3.77. The molecule has 1 aliphatic rings. The lowest BCUT2D eigenvalue weighted by Crippen LogP contribution is -2.40. The van der Waals surface area contributed by atoms with E-state index in [-0.39, 0.29) is 17.0 Å².